The Morgan fingerprint density at radius 3 is 2.41 bits per heavy atom. The van der Waals surface area contributed by atoms with Gasteiger partial charge in [0.15, 0.2) is 0 Å². The second-order valence-electron chi connectivity index (χ2n) is 8.49. The van der Waals surface area contributed by atoms with Crippen LogP contribution in [-0.4, -0.2) is 35.8 Å². The summed E-state index contributed by atoms with van der Waals surface area (Å²) < 4.78 is 46.6. The van der Waals surface area contributed by atoms with Crippen LogP contribution in [-0.2, 0) is 17.1 Å². The van der Waals surface area contributed by atoms with Crippen molar-refractivity contribution in [2.45, 2.75) is 56.6 Å². The Balaban J connectivity index is 1.85. The number of thiol groups is 1. The third-order valence-electron chi connectivity index (χ3n) is 5.11. The molecule has 1 unspecified atom stereocenters. The molecule has 174 valence electrons. The zero-order valence-electron chi connectivity index (χ0n) is 18.6. The number of carbonyl (C=O) groups excluding carboxylic acids is 1. The molecule has 1 aliphatic carbocycles. The van der Waals surface area contributed by atoms with Crippen LogP contribution >= 0.6 is 0 Å². The van der Waals surface area contributed by atoms with Gasteiger partial charge in [-0.2, -0.15) is 8.78 Å². The van der Waals surface area contributed by atoms with Gasteiger partial charge in [-0.05, 0) is 79.7 Å². The average molecular weight is 466 g/mol. The zero-order valence-corrected chi connectivity index (χ0v) is 19.5. The number of halogens is 2. The molecule has 0 spiro atoms. The number of hydrogen-bond donors (Lipinski definition) is 2. The Morgan fingerprint density at radius 2 is 1.88 bits per heavy atom. The number of benzene rings is 2. The second kappa shape index (κ2) is 10.4. The van der Waals surface area contributed by atoms with Crippen LogP contribution in [0.15, 0.2) is 45.7 Å². The number of rotatable bonds is 8. The molecule has 0 aromatic heterocycles. The summed E-state index contributed by atoms with van der Waals surface area (Å²) in [7, 11) is 1.65. The third kappa shape index (κ3) is 6.49. The summed E-state index contributed by atoms with van der Waals surface area (Å²) in [6, 6.07) is 9.48. The van der Waals surface area contributed by atoms with Gasteiger partial charge in [-0.25, -0.2) is 9.00 Å². The second-order valence-corrected chi connectivity index (χ2v) is 9.75. The minimum Gasteiger partial charge on any atom is -0.435 e. The van der Waals surface area contributed by atoms with E-state index in [1.807, 2.05) is 45.0 Å². The number of amides is 2. The molecule has 32 heavy (non-hydrogen) atoms. The van der Waals surface area contributed by atoms with E-state index in [0.717, 1.165) is 30.5 Å². The lowest BCUT2D eigenvalue weighted by atomic mass is 9.95. The van der Waals surface area contributed by atoms with Crippen molar-refractivity contribution < 1.29 is 22.5 Å². The third-order valence-corrected chi connectivity index (χ3v) is 6.21. The first-order valence-electron chi connectivity index (χ1n) is 10.5. The molecule has 1 N–H and O–H groups in total. The normalized spacial score (nSPS) is 14.9. The summed E-state index contributed by atoms with van der Waals surface area (Å²) >= 11 is 0. The topological polar surface area (TPSA) is 71.0 Å². The quantitative estimate of drug-likeness (QED) is 0.498. The van der Waals surface area contributed by atoms with Gasteiger partial charge in [0.2, 0.25) is 0 Å². The van der Waals surface area contributed by atoms with Gasteiger partial charge in [-0.1, -0.05) is 26.0 Å². The highest BCUT2D eigenvalue weighted by atomic mass is 32.2. The number of nitrogens with one attached hydrogen (secondary N) is 1. The van der Waals surface area contributed by atoms with E-state index in [2.05, 4.69) is 14.4 Å². The van der Waals surface area contributed by atoms with Crippen LogP contribution < -0.4 is 10.1 Å². The molecule has 0 bridgehead atoms. The smallest absolute Gasteiger partial charge is 0.387 e. The molecule has 9 heteroatoms. The molecule has 0 radical (unpaired) electrons. The molecule has 0 aliphatic heterocycles. The van der Waals surface area contributed by atoms with Gasteiger partial charge in [0.25, 0.3) is 0 Å². The Bertz CT molecular complexity index is 1020. The highest BCUT2D eigenvalue weighted by Gasteiger charge is 2.30. The van der Waals surface area contributed by atoms with E-state index >= 15 is 0 Å². The van der Waals surface area contributed by atoms with Gasteiger partial charge in [0.1, 0.15) is 5.75 Å². The summed E-state index contributed by atoms with van der Waals surface area (Å²) in [6.45, 7) is 1.63. The highest BCUT2D eigenvalue weighted by molar-refractivity contribution is 7.75. The first kappa shape index (κ1) is 24.1. The number of hydrogen-bond acceptors (Lipinski definition) is 4. The molecule has 0 saturated heterocycles. The molecule has 1 fully saturated rings. The van der Waals surface area contributed by atoms with Crippen molar-refractivity contribution >= 4 is 22.3 Å². The molecular weight excluding hydrogens is 436 g/mol. The average Bonchev–Trinajstić information content (AvgIpc) is 3.53. The Kier molecular flexibility index (Phi) is 7.84. The summed E-state index contributed by atoms with van der Waals surface area (Å²) in [5.74, 6) is 0.188. The molecule has 2 aromatic rings. The van der Waals surface area contributed by atoms with E-state index in [0.29, 0.717) is 16.1 Å². The maximum absolute atomic E-state index is 12.8. The summed E-state index contributed by atoms with van der Waals surface area (Å²) in [4.78, 5) is 15.1. The van der Waals surface area contributed by atoms with Crippen molar-refractivity contribution in [3.63, 3.8) is 0 Å². The van der Waals surface area contributed by atoms with E-state index in [1.54, 1.807) is 18.2 Å². The molecule has 1 saturated carbocycles. The van der Waals surface area contributed by atoms with Crippen molar-refractivity contribution in [2.75, 3.05) is 19.4 Å². The van der Waals surface area contributed by atoms with E-state index < -0.39 is 23.2 Å². The maximum atomic E-state index is 12.8. The van der Waals surface area contributed by atoms with Crippen molar-refractivity contribution in [1.29, 1.82) is 0 Å². The number of anilines is 1. The standard InChI is InChI=1S/C23H29F2N3O3S/c1-14(2)19-11-17(31-22(24)25)12-20(16-7-8-16)21(19)26-23(29)27-32(30)18-9-5-15(6-10-18)13-28(3)4/h5-6,9-12,14,16,22,32H,7-8,13H2,1-4H3,(H,26,29). The first-order valence-corrected chi connectivity index (χ1v) is 11.7. The minimum atomic E-state index is -2.93. The molecular formula is C23H29F2N3O3S. The zero-order chi connectivity index (χ0) is 23.4. The molecule has 0 heterocycles. The number of ether oxygens (including phenoxy) is 1. The fourth-order valence-electron chi connectivity index (χ4n) is 3.51. The molecule has 2 amide bonds. The molecule has 2 aromatic carbocycles. The van der Waals surface area contributed by atoms with Gasteiger partial charge < -0.3 is 15.0 Å². The van der Waals surface area contributed by atoms with Crippen LogP contribution in [0.4, 0.5) is 19.3 Å². The van der Waals surface area contributed by atoms with Gasteiger partial charge >= 0.3 is 12.6 Å². The lowest BCUT2D eigenvalue weighted by Crippen LogP contribution is -2.13. The van der Waals surface area contributed by atoms with Gasteiger partial charge in [-0.15, -0.1) is 4.36 Å². The molecule has 6 nitrogen and oxygen atoms in total. The predicted molar refractivity (Wildman–Crippen MR) is 122 cm³/mol. The highest BCUT2D eigenvalue weighted by Crippen LogP contribution is 2.47. The largest absolute Gasteiger partial charge is 0.435 e. The minimum absolute atomic E-state index is 0.0537. The van der Waals surface area contributed by atoms with E-state index in [-0.39, 0.29) is 17.6 Å². The monoisotopic (exact) mass is 465 g/mol. The Morgan fingerprint density at radius 1 is 1.22 bits per heavy atom. The molecule has 1 aliphatic rings. The fraction of sp³-hybridized carbons (Fsp3) is 0.435. The van der Waals surface area contributed by atoms with Crippen LogP contribution in [0.2, 0.25) is 0 Å². The van der Waals surface area contributed by atoms with Crippen LogP contribution in [0.5, 0.6) is 5.75 Å². The van der Waals surface area contributed by atoms with Crippen molar-refractivity contribution in [3.8, 4) is 5.75 Å². The summed E-state index contributed by atoms with van der Waals surface area (Å²) in [5.41, 5.74) is 3.03. The summed E-state index contributed by atoms with van der Waals surface area (Å²) in [5, 5.41) is 2.76. The molecule has 3 rings (SSSR count). The van der Waals surface area contributed by atoms with Crippen LogP contribution in [0.25, 0.3) is 0 Å². The maximum Gasteiger partial charge on any atom is 0.387 e. The van der Waals surface area contributed by atoms with Gasteiger partial charge in [0.05, 0.1) is 10.6 Å². The lowest BCUT2D eigenvalue weighted by Gasteiger charge is -2.19. The number of urea groups is 1. The van der Waals surface area contributed by atoms with E-state index in [9.17, 15) is 17.8 Å². The van der Waals surface area contributed by atoms with Crippen LogP contribution in [0.3, 0.4) is 0 Å². The van der Waals surface area contributed by atoms with Crippen molar-refractivity contribution in [2.24, 2.45) is 4.36 Å². The first-order chi connectivity index (χ1) is 15.1. The SMILES string of the molecule is CC(C)c1cc(OC(F)F)cc(C2CC2)c1NC(=O)/N=[SH](=O)/c1ccc(CN(C)C)cc1. The predicted octanol–water partition coefficient (Wildman–Crippen LogP) is 5.61. The number of carbonyl (C=O) groups is 1. The Hall–Kier alpha value is -2.52. The van der Waals surface area contributed by atoms with E-state index in [1.165, 1.54) is 6.07 Å². The summed E-state index contributed by atoms with van der Waals surface area (Å²) in [6.07, 6.45) is 1.81. The lowest BCUT2D eigenvalue weighted by molar-refractivity contribution is -0.0499. The van der Waals surface area contributed by atoms with Crippen LogP contribution in [0.1, 0.15) is 55.2 Å². The van der Waals surface area contributed by atoms with Gasteiger partial charge in [0, 0.05) is 17.1 Å². The number of nitrogens with zero attached hydrogens (tertiary/aromatic N) is 2. The van der Waals surface area contributed by atoms with Crippen molar-refractivity contribution in [3.05, 3.63) is 53.1 Å². The van der Waals surface area contributed by atoms with E-state index in [4.69, 9.17) is 0 Å². The Labute approximate surface area is 189 Å². The van der Waals surface area contributed by atoms with Gasteiger partial charge in [-0.3, -0.25) is 0 Å². The fourth-order valence-corrected chi connectivity index (χ4v) is 4.25. The van der Waals surface area contributed by atoms with Crippen molar-refractivity contribution in [1.82, 2.24) is 4.90 Å². The number of alkyl halides is 2. The molecule has 1 atom stereocenters. The van der Waals surface area contributed by atoms with Crippen LogP contribution in [0, 0.1) is 0 Å².